The molecule has 4 N–H and O–H groups in total. The third-order valence-electron chi connectivity index (χ3n) is 4.99. The highest BCUT2D eigenvalue weighted by atomic mass is 19.1. The van der Waals surface area contributed by atoms with E-state index in [1.165, 1.54) is 12.1 Å². The van der Waals surface area contributed by atoms with Crippen molar-refractivity contribution in [2.24, 2.45) is 0 Å². The molecule has 30 heavy (non-hydrogen) atoms. The van der Waals surface area contributed by atoms with Crippen LogP contribution in [0.5, 0.6) is 0 Å². The van der Waals surface area contributed by atoms with Crippen LogP contribution < -0.4 is 16.4 Å². The van der Waals surface area contributed by atoms with Crippen molar-refractivity contribution in [3.05, 3.63) is 91.7 Å². The Morgan fingerprint density at radius 1 is 1.03 bits per heavy atom. The van der Waals surface area contributed by atoms with E-state index in [1.54, 1.807) is 12.1 Å². The summed E-state index contributed by atoms with van der Waals surface area (Å²) in [5.41, 5.74) is 3.81. The van der Waals surface area contributed by atoms with Gasteiger partial charge in [-0.1, -0.05) is 6.07 Å². The molecule has 4 aromatic rings. The minimum atomic E-state index is -0.498. The van der Waals surface area contributed by atoms with Crippen LogP contribution in [0.4, 0.5) is 4.39 Å². The van der Waals surface area contributed by atoms with Gasteiger partial charge in [0.25, 0.3) is 11.1 Å². The maximum Gasteiger partial charge on any atom is 0.266 e. The number of rotatable bonds is 5. The first kappa shape index (κ1) is 19.4. The van der Waals surface area contributed by atoms with Gasteiger partial charge in [0.05, 0.1) is 6.42 Å². The number of amides is 1. The first-order chi connectivity index (χ1) is 14.4. The summed E-state index contributed by atoms with van der Waals surface area (Å²) < 4.78 is 13.2. The Morgan fingerprint density at radius 3 is 2.57 bits per heavy atom. The molecule has 0 unspecified atom stereocenters. The zero-order chi connectivity index (χ0) is 21.3. The highest BCUT2D eigenvalue weighted by Crippen LogP contribution is 2.30. The summed E-state index contributed by atoms with van der Waals surface area (Å²) in [6.07, 6.45) is -0.181. The number of carbonyl (C=O) groups is 1. The molecule has 0 aliphatic carbocycles. The van der Waals surface area contributed by atoms with Crippen LogP contribution >= 0.6 is 0 Å². The monoisotopic (exact) mass is 406 g/mol. The number of hydrogen-bond donors (Lipinski definition) is 4. The van der Waals surface area contributed by atoms with Gasteiger partial charge in [-0.25, -0.2) is 4.39 Å². The molecule has 0 saturated heterocycles. The van der Waals surface area contributed by atoms with Crippen LogP contribution in [0, 0.1) is 12.7 Å². The van der Waals surface area contributed by atoms with Crippen molar-refractivity contribution >= 4 is 16.8 Å². The summed E-state index contributed by atoms with van der Waals surface area (Å²) in [7, 11) is 0. The third-order valence-corrected chi connectivity index (χ3v) is 4.99. The van der Waals surface area contributed by atoms with E-state index in [0.717, 1.165) is 39.4 Å². The van der Waals surface area contributed by atoms with E-state index < -0.39 is 11.1 Å². The molecule has 7 nitrogen and oxygen atoms in total. The molecule has 8 heteroatoms. The molecule has 0 spiro atoms. The zero-order valence-corrected chi connectivity index (χ0v) is 16.1. The molecular weight excluding hydrogens is 387 g/mol. The summed E-state index contributed by atoms with van der Waals surface area (Å²) in [4.78, 5) is 38.5. The van der Waals surface area contributed by atoms with Gasteiger partial charge in [0.15, 0.2) is 0 Å². The smallest absolute Gasteiger partial charge is 0.266 e. The number of carbonyl (C=O) groups excluding carboxylic acids is 1. The molecule has 2 heterocycles. The highest BCUT2D eigenvalue weighted by Gasteiger charge is 2.12. The van der Waals surface area contributed by atoms with Gasteiger partial charge in [-0.3, -0.25) is 24.6 Å². The summed E-state index contributed by atoms with van der Waals surface area (Å²) in [5, 5.41) is 8.13. The zero-order valence-electron chi connectivity index (χ0n) is 16.1. The Morgan fingerprint density at radius 2 is 1.80 bits per heavy atom. The van der Waals surface area contributed by atoms with E-state index in [2.05, 4.69) is 20.5 Å². The Labute approximate surface area is 170 Å². The lowest BCUT2D eigenvalue weighted by Crippen LogP contribution is -2.29. The van der Waals surface area contributed by atoms with Crippen molar-refractivity contribution in [2.45, 2.75) is 19.9 Å². The van der Waals surface area contributed by atoms with Crippen LogP contribution in [0.3, 0.4) is 0 Å². The van der Waals surface area contributed by atoms with Gasteiger partial charge >= 0.3 is 0 Å². The fourth-order valence-electron chi connectivity index (χ4n) is 3.41. The number of fused-ring (bicyclic) bond motifs is 1. The number of hydrogen-bond acceptors (Lipinski definition) is 3. The molecule has 0 saturated carbocycles. The average Bonchev–Trinajstić information content (AvgIpc) is 3.06. The highest BCUT2D eigenvalue weighted by molar-refractivity contribution is 5.91. The fraction of sp³-hybridized carbons (Fsp3) is 0.136. The molecule has 152 valence electrons. The molecule has 0 bridgehead atoms. The number of nitrogens with one attached hydrogen (secondary N) is 4. The number of halogens is 1. The molecule has 0 fully saturated rings. The molecule has 0 aliphatic heterocycles. The molecular formula is C22H19FN4O3. The van der Waals surface area contributed by atoms with Crippen LogP contribution in [0.25, 0.3) is 22.2 Å². The van der Waals surface area contributed by atoms with Gasteiger partial charge in [-0.2, -0.15) is 0 Å². The Kier molecular flexibility index (Phi) is 5.05. The lowest BCUT2D eigenvalue weighted by atomic mass is 10.0. The van der Waals surface area contributed by atoms with Gasteiger partial charge in [-0.05, 0) is 60.0 Å². The second-order valence-electron chi connectivity index (χ2n) is 7.08. The average molecular weight is 406 g/mol. The van der Waals surface area contributed by atoms with Crippen molar-refractivity contribution in [1.29, 1.82) is 0 Å². The molecule has 0 aliphatic rings. The molecule has 2 aromatic heterocycles. The van der Waals surface area contributed by atoms with Gasteiger partial charge < -0.3 is 10.3 Å². The summed E-state index contributed by atoms with van der Waals surface area (Å²) in [6, 6.07) is 13.2. The number of benzene rings is 2. The lowest BCUT2D eigenvalue weighted by molar-refractivity contribution is -0.120. The van der Waals surface area contributed by atoms with Crippen LogP contribution in [-0.2, 0) is 17.8 Å². The molecule has 0 atom stereocenters. The molecule has 0 radical (unpaired) electrons. The number of aromatic nitrogens is 3. The van der Waals surface area contributed by atoms with Gasteiger partial charge in [-0.15, -0.1) is 0 Å². The number of aromatic amines is 3. The van der Waals surface area contributed by atoms with Crippen LogP contribution in [0.15, 0.2) is 58.1 Å². The molecule has 1 amide bonds. The first-order valence-electron chi connectivity index (χ1n) is 9.35. The predicted molar refractivity (Wildman–Crippen MR) is 112 cm³/mol. The van der Waals surface area contributed by atoms with Crippen LogP contribution in [0.2, 0.25) is 0 Å². The summed E-state index contributed by atoms with van der Waals surface area (Å²) in [5.74, 6) is -0.642. The maximum absolute atomic E-state index is 13.2. The largest absolute Gasteiger partial charge is 0.354 e. The Balaban J connectivity index is 1.51. The van der Waals surface area contributed by atoms with E-state index in [9.17, 15) is 18.8 Å². The molecule has 4 rings (SSSR count). The van der Waals surface area contributed by atoms with Crippen molar-refractivity contribution in [2.75, 3.05) is 0 Å². The van der Waals surface area contributed by atoms with Crippen LogP contribution in [0.1, 0.15) is 16.7 Å². The number of H-pyrrole nitrogens is 3. The fourth-order valence-corrected chi connectivity index (χ4v) is 3.41. The normalized spacial score (nSPS) is 11.0. The van der Waals surface area contributed by atoms with Gasteiger partial charge in [0, 0.05) is 34.8 Å². The second-order valence-corrected chi connectivity index (χ2v) is 7.08. The van der Waals surface area contributed by atoms with Gasteiger partial charge in [0.2, 0.25) is 5.91 Å². The molecule has 2 aromatic carbocycles. The van der Waals surface area contributed by atoms with E-state index in [-0.39, 0.29) is 30.3 Å². The summed E-state index contributed by atoms with van der Waals surface area (Å²) >= 11 is 0. The standard InChI is InChI=1S/C22H19FN4O3/c1-12-17-8-13(11-24-19(28)9-15-10-20(29)26-27-22(15)30)2-7-18(17)25-21(12)14-3-5-16(23)6-4-14/h2-8,10,25H,9,11H2,1H3,(H,24,28)(H,26,29)(H,27,30). The Hall–Kier alpha value is -3.94. The van der Waals surface area contributed by atoms with E-state index in [0.29, 0.717) is 0 Å². The Bertz CT molecular complexity index is 1350. The minimum Gasteiger partial charge on any atom is -0.354 e. The van der Waals surface area contributed by atoms with E-state index >= 15 is 0 Å². The summed E-state index contributed by atoms with van der Waals surface area (Å²) in [6.45, 7) is 2.27. The minimum absolute atomic E-state index is 0.108. The van der Waals surface area contributed by atoms with E-state index in [4.69, 9.17) is 0 Å². The van der Waals surface area contributed by atoms with Crippen molar-refractivity contribution < 1.29 is 9.18 Å². The third kappa shape index (κ3) is 3.93. The first-order valence-corrected chi connectivity index (χ1v) is 9.35. The lowest BCUT2D eigenvalue weighted by Gasteiger charge is -2.06. The second kappa shape index (κ2) is 7.82. The quantitative estimate of drug-likeness (QED) is 0.409. The van der Waals surface area contributed by atoms with Crippen molar-refractivity contribution in [1.82, 2.24) is 20.5 Å². The maximum atomic E-state index is 13.2. The number of aryl methyl sites for hydroxylation is 1. The SMILES string of the molecule is Cc1c(-c2ccc(F)cc2)[nH]c2ccc(CNC(=O)Cc3cc(=O)[nH][nH]c3=O)cc12. The van der Waals surface area contributed by atoms with E-state index in [1.807, 2.05) is 25.1 Å². The topological polar surface area (TPSA) is 111 Å². The van der Waals surface area contributed by atoms with Crippen molar-refractivity contribution in [3.8, 4) is 11.3 Å². The predicted octanol–water partition coefficient (Wildman–Crippen LogP) is 2.52. The van der Waals surface area contributed by atoms with Crippen LogP contribution in [-0.4, -0.2) is 21.1 Å². The van der Waals surface area contributed by atoms with Crippen molar-refractivity contribution in [3.63, 3.8) is 0 Å². The van der Waals surface area contributed by atoms with Gasteiger partial charge in [0.1, 0.15) is 5.82 Å².